The number of nitrogens with zero attached hydrogens (tertiary/aromatic N) is 1. The Hall–Kier alpha value is -4.64. The van der Waals surface area contributed by atoms with Crippen molar-refractivity contribution in [3.05, 3.63) is 72.1 Å². The number of aliphatic carboxylic acids is 1. The maximum Gasteiger partial charge on any atom is 0.326 e. The van der Waals surface area contributed by atoms with Gasteiger partial charge in [0.05, 0.1) is 6.54 Å². The van der Waals surface area contributed by atoms with Crippen LogP contribution in [0.15, 0.2) is 60.9 Å². The fourth-order valence-electron chi connectivity index (χ4n) is 5.45. The van der Waals surface area contributed by atoms with Gasteiger partial charge in [-0.05, 0) is 36.1 Å². The summed E-state index contributed by atoms with van der Waals surface area (Å²) in [5.41, 5.74) is 8.82. The van der Waals surface area contributed by atoms with Gasteiger partial charge in [-0.3, -0.25) is 14.4 Å². The second-order valence-corrected chi connectivity index (χ2v) is 10.0. The van der Waals surface area contributed by atoms with Crippen LogP contribution >= 0.6 is 0 Å². The van der Waals surface area contributed by atoms with Gasteiger partial charge in [-0.1, -0.05) is 36.4 Å². The van der Waals surface area contributed by atoms with E-state index in [2.05, 4.69) is 20.6 Å². The van der Waals surface area contributed by atoms with Gasteiger partial charge in [0.1, 0.15) is 18.1 Å². The first kappa shape index (κ1) is 26.9. The third-order valence-corrected chi connectivity index (χ3v) is 7.50. The molecule has 4 aromatic rings. The largest absolute Gasteiger partial charge is 0.480 e. The van der Waals surface area contributed by atoms with E-state index in [9.17, 15) is 24.3 Å². The zero-order chi connectivity index (χ0) is 28.2. The first-order chi connectivity index (χ1) is 19.4. The number of hydrogen-bond donors (Lipinski definition) is 6. The van der Waals surface area contributed by atoms with Crippen molar-refractivity contribution in [3.63, 3.8) is 0 Å². The van der Waals surface area contributed by atoms with Crippen LogP contribution in [0, 0.1) is 0 Å². The highest BCUT2D eigenvalue weighted by Gasteiger charge is 2.36. The van der Waals surface area contributed by atoms with Gasteiger partial charge in [0.15, 0.2) is 0 Å². The lowest BCUT2D eigenvalue weighted by atomic mass is 10.0. The van der Waals surface area contributed by atoms with Crippen molar-refractivity contribution in [2.45, 2.75) is 43.8 Å². The van der Waals surface area contributed by atoms with Gasteiger partial charge in [-0.25, -0.2) is 4.79 Å². The Balaban J connectivity index is 1.38. The fraction of sp³-hybridized carbons (Fsp3) is 0.310. The summed E-state index contributed by atoms with van der Waals surface area (Å²) in [5.74, 6) is -2.62. The fourth-order valence-corrected chi connectivity index (χ4v) is 5.45. The van der Waals surface area contributed by atoms with Crippen molar-refractivity contribution < 1.29 is 24.3 Å². The molecule has 40 heavy (non-hydrogen) atoms. The monoisotopic (exact) mass is 544 g/mol. The third-order valence-electron chi connectivity index (χ3n) is 7.50. The topological polar surface area (TPSA) is 173 Å². The summed E-state index contributed by atoms with van der Waals surface area (Å²) in [6, 6.07) is 12.1. The van der Waals surface area contributed by atoms with E-state index in [1.807, 2.05) is 48.5 Å². The molecule has 11 nitrogen and oxygen atoms in total. The quantitative estimate of drug-likeness (QED) is 0.176. The number of para-hydroxylation sites is 2. The number of carbonyl (C=O) groups is 4. The van der Waals surface area contributed by atoms with Crippen molar-refractivity contribution >= 4 is 45.5 Å². The van der Waals surface area contributed by atoms with E-state index in [0.717, 1.165) is 32.9 Å². The molecule has 1 aliphatic rings. The highest BCUT2D eigenvalue weighted by Crippen LogP contribution is 2.22. The SMILES string of the molecule is NCC(=O)N1CCCC1C(=O)NC(Cc1c[nH]c2ccccc12)C(=O)NC(Cc1c[nH]c2ccccc12)C(=O)O. The van der Waals surface area contributed by atoms with E-state index in [1.165, 1.54) is 4.90 Å². The average Bonchev–Trinajstić information content (AvgIpc) is 3.71. The van der Waals surface area contributed by atoms with Crippen LogP contribution in [0.25, 0.3) is 21.8 Å². The molecule has 1 fully saturated rings. The number of likely N-dealkylation sites (tertiary alicyclic amines) is 1. The lowest BCUT2D eigenvalue weighted by molar-refractivity contribution is -0.142. The molecule has 0 saturated carbocycles. The Morgan fingerprint density at radius 1 is 0.900 bits per heavy atom. The van der Waals surface area contributed by atoms with Crippen LogP contribution in [0.4, 0.5) is 0 Å². The summed E-state index contributed by atoms with van der Waals surface area (Å²) in [6.07, 6.45) is 4.80. The summed E-state index contributed by atoms with van der Waals surface area (Å²) in [6.45, 7) is 0.205. The Morgan fingerprint density at radius 3 is 2.05 bits per heavy atom. The van der Waals surface area contributed by atoms with Crippen LogP contribution in [0.1, 0.15) is 24.0 Å². The summed E-state index contributed by atoms with van der Waals surface area (Å²) in [5, 5.41) is 17.2. The van der Waals surface area contributed by atoms with E-state index in [0.29, 0.717) is 19.4 Å². The minimum Gasteiger partial charge on any atom is -0.480 e. The van der Waals surface area contributed by atoms with Crippen molar-refractivity contribution in [2.24, 2.45) is 5.73 Å². The van der Waals surface area contributed by atoms with Crippen molar-refractivity contribution in [1.29, 1.82) is 0 Å². The molecule has 0 spiro atoms. The van der Waals surface area contributed by atoms with Gasteiger partial charge in [-0.2, -0.15) is 0 Å². The molecule has 2 aromatic heterocycles. The normalized spacial score (nSPS) is 16.6. The zero-order valence-corrected chi connectivity index (χ0v) is 21.9. The van der Waals surface area contributed by atoms with Gasteiger partial charge in [0, 0.05) is 53.6 Å². The number of nitrogens with one attached hydrogen (secondary N) is 4. The van der Waals surface area contributed by atoms with E-state index < -0.39 is 35.9 Å². The number of hydrogen-bond acceptors (Lipinski definition) is 5. The van der Waals surface area contributed by atoms with E-state index in [-0.39, 0.29) is 25.3 Å². The molecule has 1 aliphatic heterocycles. The average molecular weight is 545 g/mol. The predicted molar refractivity (Wildman–Crippen MR) is 149 cm³/mol. The van der Waals surface area contributed by atoms with Gasteiger partial charge >= 0.3 is 5.97 Å². The van der Waals surface area contributed by atoms with E-state index >= 15 is 0 Å². The van der Waals surface area contributed by atoms with Gasteiger partial charge in [0.2, 0.25) is 17.7 Å². The number of amides is 3. The first-order valence-electron chi connectivity index (χ1n) is 13.3. The van der Waals surface area contributed by atoms with Crippen LogP contribution in [0.5, 0.6) is 0 Å². The predicted octanol–water partition coefficient (Wildman–Crippen LogP) is 1.44. The van der Waals surface area contributed by atoms with Crippen molar-refractivity contribution in [1.82, 2.24) is 25.5 Å². The molecule has 2 aromatic carbocycles. The number of carboxylic acid groups (broad SMARTS) is 1. The number of benzene rings is 2. The summed E-state index contributed by atoms with van der Waals surface area (Å²) in [4.78, 5) is 59.2. The highest BCUT2D eigenvalue weighted by molar-refractivity contribution is 5.95. The zero-order valence-electron chi connectivity index (χ0n) is 21.9. The van der Waals surface area contributed by atoms with Crippen LogP contribution in [-0.2, 0) is 32.0 Å². The number of carbonyl (C=O) groups excluding carboxylic acids is 3. The smallest absolute Gasteiger partial charge is 0.326 e. The van der Waals surface area contributed by atoms with Crippen LogP contribution < -0.4 is 16.4 Å². The number of fused-ring (bicyclic) bond motifs is 2. The first-order valence-corrected chi connectivity index (χ1v) is 13.3. The number of rotatable bonds is 10. The Labute approximate surface area is 230 Å². The summed E-state index contributed by atoms with van der Waals surface area (Å²) >= 11 is 0. The molecule has 3 heterocycles. The standard InChI is InChI=1S/C29H32N6O5/c30-14-26(36)35-11-5-10-25(35)28(38)33-23(12-17-15-31-21-8-3-1-6-19(17)21)27(37)34-24(29(39)40)13-18-16-32-22-9-4-2-7-20(18)22/h1-4,6-9,15-16,23-25,31-32H,5,10-14,30H2,(H,33,38)(H,34,37)(H,39,40). The Morgan fingerprint density at radius 2 is 1.48 bits per heavy atom. The van der Waals surface area contributed by atoms with Crippen LogP contribution in [-0.4, -0.2) is 74.9 Å². The van der Waals surface area contributed by atoms with Gasteiger partial charge in [0.25, 0.3) is 0 Å². The molecule has 0 radical (unpaired) electrons. The number of aromatic nitrogens is 2. The molecular weight excluding hydrogens is 512 g/mol. The van der Waals surface area contributed by atoms with Crippen molar-refractivity contribution in [3.8, 4) is 0 Å². The number of carboxylic acids is 1. The lowest BCUT2D eigenvalue weighted by Gasteiger charge is -2.27. The highest BCUT2D eigenvalue weighted by atomic mass is 16.4. The summed E-state index contributed by atoms with van der Waals surface area (Å²) < 4.78 is 0. The van der Waals surface area contributed by atoms with Crippen LogP contribution in [0.2, 0.25) is 0 Å². The molecule has 3 amide bonds. The number of nitrogens with two attached hydrogens (primary N) is 1. The molecule has 3 unspecified atom stereocenters. The maximum absolute atomic E-state index is 13.6. The molecule has 1 saturated heterocycles. The lowest BCUT2D eigenvalue weighted by Crippen LogP contribution is -2.56. The molecule has 3 atom stereocenters. The van der Waals surface area contributed by atoms with Gasteiger partial charge in [-0.15, -0.1) is 0 Å². The van der Waals surface area contributed by atoms with Crippen molar-refractivity contribution in [2.75, 3.05) is 13.1 Å². The van der Waals surface area contributed by atoms with Crippen LogP contribution in [0.3, 0.4) is 0 Å². The second kappa shape index (κ2) is 11.6. The number of H-pyrrole nitrogens is 2. The third kappa shape index (κ3) is 5.55. The number of aromatic amines is 2. The molecular formula is C29H32N6O5. The molecule has 11 heteroatoms. The van der Waals surface area contributed by atoms with E-state index in [1.54, 1.807) is 12.4 Å². The second-order valence-electron chi connectivity index (χ2n) is 10.0. The molecule has 5 rings (SSSR count). The Kier molecular flexibility index (Phi) is 7.83. The minimum absolute atomic E-state index is 0.0558. The Bertz CT molecular complexity index is 1560. The molecule has 0 bridgehead atoms. The summed E-state index contributed by atoms with van der Waals surface area (Å²) in [7, 11) is 0. The minimum atomic E-state index is -1.23. The van der Waals surface area contributed by atoms with E-state index in [4.69, 9.17) is 5.73 Å². The molecule has 7 N–H and O–H groups in total. The molecule has 0 aliphatic carbocycles. The maximum atomic E-state index is 13.6. The van der Waals surface area contributed by atoms with Gasteiger partial charge < -0.3 is 36.3 Å². The molecule has 208 valence electrons.